The van der Waals surface area contributed by atoms with Crippen molar-refractivity contribution in [2.45, 2.75) is 39.3 Å². The van der Waals surface area contributed by atoms with E-state index in [0.717, 1.165) is 0 Å². The van der Waals surface area contributed by atoms with E-state index in [1.165, 1.54) is 0 Å². The maximum atomic E-state index is 5.70. The molecule has 0 bridgehead atoms. The van der Waals surface area contributed by atoms with Gasteiger partial charge in [-0.05, 0) is 39.3 Å². The third-order valence-electron chi connectivity index (χ3n) is 0.952. The van der Waals surface area contributed by atoms with E-state index in [1.807, 2.05) is 0 Å². The van der Waals surface area contributed by atoms with Crippen molar-refractivity contribution < 1.29 is 8.85 Å². The second kappa shape index (κ2) is 4.92. The van der Waals surface area contributed by atoms with E-state index in [-0.39, 0.29) is 4.49 Å². The van der Waals surface area contributed by atoms with Gasteiger partial charge in [0.25, 0.3) is 5.95 Å². The fourth-order valence-electron chi connectivity index (χ4n) is 0.654. The Hall–Kier alpha value is 0.354. The normalized spacial score (nSPS) is 12.3. The SMILES string of the molecule is C[Si](C)(C)OC(O[Si](C)(C)C)=C(Cl)Cl. The minimum Gasteiger partial charge on any atom is -0.519 e. The van der Waals surface area contributed by atoms with Gasteiger partial charge >= 0.3 is 0 Å². The summed E-state index contributed by atoms with van der Waals surface area (Å²) >= 11 is 11.4. The van der Waals surface area contributed by atoms with Gasteiger partial charge in [0.1, 0.15) is 0 Å². The van der Waals surface area contributed by atoms with Crippen LogP contribution in [0.2, 0.25) is 39.3 Å². The number of rotatable bonds is 4. The first-order chi connectivity index (χ1) is 6.01. The number of hydrogen-bond acceptors (Lipinski definition) is 2. The van der Waals surface area contributed by atoms with Crippen LogP contribution < -0.4 is 0 Å². The van der Waals surface area contributed by atoms with Gasteiger partial charge in [0.05, 0.1) is 0 Å². The third kappa shape index (κ3) is 7.73. The van der Waals surface area contributed by atoms with Crippen molar-refractivity contribution in [2.75, 3.05) is 0 Å². The average molecular weight is 273 g/mol. The van der Waals surface area contributed by atoms with Crippen molar-refractivity contribution in [1.29, 1.82) is 0 Å². The molecule has 0 aromatic heterocycles. The molecule has 0 aliphatic rings. The largest absolute Gasteiger partial charge is 0.519 e. The highest BCUT2D eigenvalue weighted by Crippen LogP contribution is 2.24. The highest BCUT2D eigenvalue weighted by atomic mass is 35.5. The first kappa shape index (κ1) is 14.4. The quantitative estimate of drug-likeness (QED) is 0.562. The smallest absolute Gasteiger partial charge is 0.283 e. The van der Waals surface area contributed by atoms with Gasteiger partial charge in [0, 0.05) is 0 Å². The van der Waals surface area contributed by atoms with E-state index in [0.29, 0.717) is 5.95 Å². The molecule has 0 amide bonds. The Morgan fingerprint density at radius 1 is 0.786 bits per heavy atom. The second-order valence-electron chi connectivity index (χ2n) is 4.98. The van der Waals surface area contributed by atoms with E-state index in [1.54, 1.807) is 0 Å². The van der Waals surface area contributed by atoms with Crippen molar-refractivity contribution in [3.63, 3.8) is 0 Å². The Morgan fingerprint density at radius 3 is 1.21 bits per heavy atom. The van der Waals surface area contributed by atoms with Gasteiger partial charge < -0.3 is 8.85 Å². The zero-order valence-electron chi connectivity index (χ0n) is 9.57. The van der Waals surface area contributed by atoms with Gasteiger partial charge in [-0.15, -0.1) is 0 Å². The molecule has 2 nitrogen and oxygen atoms in total. The molecule has 0 radical (unpaired) electrons. The molecule has 0 heterocycles. The Balaban J connectivity index is 4.59. The number of hydrogen-bond donors (Lipinski definition) is 0. The minimum absolute atomic E-state index is 0.0786. The molecule has 0 unspecified atom stereocenters. The summed E-state index contributed by atoms with van der Waals surface area (Å²) in [6, 6.07) is 0. The predicted molar refractivity (Wildman–Crippen MR) is 67.6 cm³/mol. The molecule has 6 heteroatoms. The summed E-state index contributed by atoms with van der Waals surface area (Å²) in [5.74, 6) is 0.298. The second-order valence-corrected chi connectivity index (χ2v) is 14.8. The summed E-state index contributed by atoms with van der Waals surface area (Å²) in [4.78, 5) is 0. The molecule has 0 N–H and O–H groups in total. The van der Waals surface area contributed by atoms with Crippen LogP contribution >= 0.6 is 23.2 Å². The summed E-state index contributed by atoms with van der Waals surface area (Å²) in [6.45, 7) is 12.3. The zero-order chi connectivity index (χ0) is 11.6. The highest BCUT2D eigenvalue weighted by Gasteiger charge is 2.25. The van der Waals surface area contributed by atoms with E-state index in [9.17, 15) is 0 Å². The maximum Gasteiger partial charge on any atom is 0.283 e. The molecular weight excluding hydrogens is 255 g/mol. The molecule has 0 aliphatic carbocycles. The lowest BCUT2D eigenvalue weighted by Crippen LogP contribution is -2.31. The van der Waals surface area contributed by atoms with E-state index in [4.69, 9.17) is 32.1 Å². The predicted octanol–water partition coefficient (Wildman–Crippen LogP) is 4.29. The molecule has 0 aliphatic heterocycles. The highest BCUT2D eigenvalue weighted by molar-refractivity contribution is 6.71. The third-order valence-corrected chi connectivity index (χ3v) is 2.86. The van der Waals surface area contributed by atoms with Gasteiger partial charge in [-0.2, -0.15) is 0 Å². The van der Waals surface area contributed by atoms with Crippen LogP contribution in [0.4, 0.5) is 0 Å². The molecule has 0 saturated carbocycles. The maximum absolute atomic E-state index is 5.70. The number of halogens is 2. The first-order valence-corrected chi connectivity index (χ1v) is 12.0. The molecule has 0 aromatic rings. The van der Waals surface area contributed by atoms with Gasteiger partial charge in [0.2, 0.25) is 16.6 Å². The first-order valence-electron chi connectivity index (χ1n) is 4.44. The van der Waals surface area contributed by atoms with E-state index in [2.05, 4.69) is 39.3 Å². The van der Waals surface area contributed by atoms with Gasteiger partial charge in [-0.1, -0.05) is 23.2 Å². The summed E-state index contributed by atoms with van der Waals surface area (Å²) in [6.07, 6.45) is 0. The van der Waals surface area contributed by atoms with Crippen LogP contribution in [0.15, 0.2) is 10.4 Å². The van der Waals surface area contributed by atoms with Crippen molar-refractivity contribution in [2.24, 2.45) is 0 Å². The minimum atomic E-state index is -1.71. The van der Waals surface area contributed by atoms with E-state index < -0.39 is 16.6 Å². The molecular formula is C8H18Cl2O2Si2. The summed E-state index contributed by atoms with van der Waals surface area (Å²) in [5, 5.41) is 0. The van der Waals surface area contributed by atoms with Crippen LogP contribution in [-0.2, 0) is 8.85 Å². The van der Waals surface area contributed by atoms with Crippen LogP contribution in [-0.4, -0.2) is 16.6 Å². The molecule has 0 spiro atoms. The summed E-state index contributed by atoms with van der Waals surface area (Å²) < 4.78 is 11.4. The summed E-state index contributed by atoms with van der Waals surface area (Å²) in [7, 11) is -3.42. The Morgan fingerprint density at radius 2 is 1.07 bits per heavy atom. The van der Waals surface area contributed by atoms with Crippen molar-refractivity contribution >= 4 is 39.8 Å². The lowest BCUT2D eigenvalue weighted by Gasteiger charge is -2.27. The van der Waals surface area contributed by atoms with Gasteiger partial charge in [-0.3, -0.25) is 0 Å². The summed E-state index contributed by atoms with van der Waals surface area (Å²) in [5.41, 5.74) is 0. The topological polar surface area (TPSA) is 18.5 Å². The van der Waals surface area contributed by atoms with Crippen molar-refractivity contribution in [3.05, 3.63) is 10.4 Å². The molecule has 0 saturated heterocycles. The standard InChI is InChI=1S/C8H18Cl2O2Si2/c1-13(2,3)11-8(7(9)10)12-14(4,5)6/h1-6H3. The monoisotopic (exact) mass is 272 g/mol. The molecule has 0 rings (SSSR count). The lowest BCUT2D eigenvalue weighted by molar-refractivity contribution is 0.216. The van der Waals surface area contributed by atoms with Crippen LogP contribution in [0.3, 0.4) is 0 Å². The Labute approximate surface area is 98.4 Å². The van der Waals surface area contributed by atoms with Gasteiger partial charge in [-0.25, -0.2) is 0 Å². The van der Waals surface area contributed by atoms with Crippen molar-refractivity contribution in [3.8, 4) is 0 Å². The van der Waals surface area contributed by atoms with Crippen LogP contribution in [0.1, 0.15) is 0 Å². The fraction of sp³-hybridized carbons (Fsp3) is 0.750. The van der Waals surface area contributed by atoms with Gasteiger partial charge in [0.15, 0.2) is 4.49 Å². The van der Waals surface area contributed by atoms with Crippen LogP contribution in [0, 0.1) is 0 Å². The Bertz CT molecular complexity index is 206. The zero-order valence-corrected chi connectivity index (χ0v) is 13.1. The van der Waals surface area contributed by atoms with Crippen LogP contribution in [0.5, 0.6) is 0 Å². The Kier molecular flexibility index (Phi) is 5.04. The molecule has 0 fully saturated rings. The fourth-order valence-corrected chi connectivity index (χ4v) is 2.55. The molecule has 0 atom stereocenters. The molecule has 14 heavy (non-hydrogen) atoms. The molecule has 0 aromatic carbocycles. The van der Waals surface area contributed by atoms with Crippen molar-refractivity contribution in [1.82, 2.24) is 0 Å². The lowest BCUT2D eigenvalue weighted by atomic mass is 11.0. The van der Waals surface area contributed by atoms with Crippen LogP contribution in [0.25, 0.3) is 0 Å². The van der Waals surface area contributed by atoms with E-state index >= 15 is 0 Å². The average Bonchev–Trinajstić information content (AvgIpc) is 1.78. The molecule has 84 valence electrons.